The molecule has 0 amide bonds. The molecule has 0 atom stereocenters. The second kappa shape index (κ2) is 10.4. The van der Waals surface area contributed by atoms with E-state index in [2.05, 4.69) is 144 Å². The van der Waals surface area contributed by atoms with E-state index in [-0.39, 0.29) is 0 Å². The fourth-order valence-electron chi connectivity index (χ4n) is 9.30. The van der Waals surface area contributed by atoms with Crippen molar-refractivity contribution in [2.75, 3.05) is 0 Å². The summed E-state index contributed by atoms with van der Waals surface area (Å²) in [4.78, 5) is 0. The number of nitrogens with zero attached hydrogens (tertiary/aromatic N) is 3. The Kier molecular flexibility index (Phi) is 5.75. The molecule has 11 rings (SSSR count). The molecule has 0 spiro atoms. The topological polar surface area (TPSA) is 52.0 Å². The van der Waals surface area contributed by atoms with Gasteiger partial charge in [0.25, 0.3) is 0 Å². The Bertz CT molecular complexity index is 3150. The van der Waals surface area contributed by atoms with E-state index >= 15 is 0 Å². The van der Waals surface area contributed by atoms with Crippen molar-refractivity contribution in [3.8, 4) is 34.4 Å². The Morgan fingerprint density at radius 3 is 1.82 bits per heavy atom. The lowest BCUT2D eigenvalue weighted by atomic mass is 9.80. The maximum atomic E-state index is 10.7. The van der Waals surface area contributed by atoms with Crippen LogP contribution in [-0.2, 0) is 12.8 Å². The summed E-state index contributed by atoms with van der Waals surface area (Å²) in [5.74, 6) is 0. The monoisotopic (exact) mass is 647 g/mol. The first-order valence-electron chi connectivity index (χ1n) is 17.7. The van der Waals surface area contributed by atoms with Crippen LogP contribution in [-0.4, -0.2) is 4.40 Å². The zero-order valence-corrected chi connectivity index (χ0v) is 27.8. The van der Waals surface area contributed by atoms with E-state index in [4.69, 9.17) is 0 Å². The van der Waals surface area contributed by atoms with Gasteiger partial charge in [0.1, 0.15) is 0 Å². The molecule has 0 bridgehead atoms. The largest absolute Gasteiger partial charge is 0.308 e. The van der Waals surface area contributed by atoms with Gasteiger partial charge >= 0.3 is 0 Å². The second-order valence-electron chi connectivity index (χ2n) is 14.0. The van der Waals surface area contributed by atoms with Crippen LogP contribution in [0.5, 0.6) is 0 Å². The molecule has 7 aromatic carbocycles. The number of aromatic nitrogens is 1. The number of nitriles is 2. The normalized spacial score (nSPS) is 13.8. The lowest BCUT2D eigenvalue weighted by molar-refractivity contribution is 0.906. The van der Waals surface area contributed by atoms with Crippen LogP contribution in [0.1, 0.15) is 46.2 Å². The van der Waals surface area contributed by atoms with Gasteiger partial charge in [0, 0.05) is 32.7 Å². The van der Waals surface area contributed by atoms with Gasteiger partial charge in [0.15, 0.2) is 0 Å². The summed E-state index contributed by atoms with van der Waals surface area (Å²) in [5.41, 5.74) is 14.0. The first kappa shape index (κ1) is 28.2. The van der Waals surface area contributed by atoms with Crippen LogP contribution in [0.15, 0.2) is 115 Å². The lowest BCUT2D eigenvalue weighted by Crippen LogP contribution is -2.07. The molecule has 9 aromatic rings. The van der Waals surface area contributed by atoms with Crippen molar-refractivity contribution in [3.05, 3.63) is 149 Å². The molecule has 0 fully saturated rings. The molecular formula is C48H29N3. The third-order valence-corrected chi connectivity index (χ3v) is 11.5. The zero-order chi connectivity index (χ0) is 33.8. The standard InChI is InChI=1S/C48H29N3/c49-26-30-22-46-44(24-40(30)42-20-28-10-1-3-12-32(28)34-14-5-7-16-36(34)42)38-18-9-19-39-45-25-41(31(27-50)23-47(45)51(46)48(38)39)43-21-29-11-2-4-13-33(29)35-15-6-8-17-37(35)43/h1-3,5,7-12,14,16-25H,4,6,13,15H2. The molecule has 51 heavy (non-hydrogen) atoms. The molecule has 236 valence electrons. The van der Waals surface area contributed by atoms with Crippen LogP contribution in [0.4, 0.5) is 0 Å². The smallest absolute Gasteiger partial charge is 0.0998 e. The van der Waals surface area contributed by atoms with Crippen molar-refractivity contribution in [3.63, 3.8) is 0 Å². The average Bonchev–Trinajstić information content (AvgIpc) is 3.70. The second-order valence-corrected chi connectivity index (χ2v) is 14.0. The maximum absolute atomic E-state index is 10.7. The van der Waals surface area contributed by atoms with Crippen LogP contribution in [0.25, 0.3) is 94.0 Å². The van der Waals surface area contributed by atoms with Gasteiger partial charge in [-0.25, -0.2) is 0 Å². The van der Waals surface area contributed by atoms with E-state index < -0.39 is 0 Å². The van der Waals surface area contributed by atoms with Crippen molar-refractivity contribution in [1.29, 1.82) is 10.5 Å². The van der Waals surface area contributed by atoms with Crippen molar-refractivity contribution in [1.82, 2.24) is 4.40 Å². The molecule has 0 saturated heterocycles. The minimum atomic E-state index is 0.634. The predicted molar refractivity (Wildman–Crippen MR) is 211 cm³/mol. The quantitative estimate of drug-likeness (QED) is 0.175. The highest BCUT2D eigenvalue weighted by atomic mass is 14.9. The fourth-order valence-corrected chi connectivity index (χ4v) is 9.30. The van der Waals surface area contributed by atoms with Crippen LogP contribution < -0.4 is 0 Å². The van der Waals surface area contributed by atoms with Gasteiger partial charge < -0.3 is 4.40 Å². The van der Waals surface area contributed by atoms with Crippen LogP contribution >= 0.6 is 0 Å². The van der Waals surface area contributed by atoms with Gasteiger partial charge in [0.05, 0.1) is 39.8 Å². The Hall–Kier alpha value is -6.68. The fraction of sp³-hybridized carbons (Fsp3) is 0.0833. The summed E-state index contributed by atoms with van der Waals surface area (Å²) in [6.07, 6.45) is 13.3. The summed E-state index contributed by atoms with van der Waals surface area (Å²) < 4.78 is 2.29. The molecule has 3 nitrogen and oxygen atoms in total. The number of hydrogen-bond acceptors (Lipinski definition) is 2. The molecule has 3 heteroatoms. The number of benzene rings is 7. The molecule has 0 aliphatic heterocycles. The summed E-state index contributed by atoms with van der Waals surface area (Å²) in [6, 6.07) is 41.8. The summed E-state index contributed by atoms with van der Waals surface area (Å²) in [7, 11) is 0. The Balaban J connectivity index is 1.20. The number of para-hydroxylation sites is 1. The van der Waals surface area contributed by atoms with E-state index in [1.54, 1.807) is 0 Å². The van der Waals surface area contributed by atoms with Crippen LogP contribution in [0.2, 0.25) is 0 Å². The van der Waals surface area contributed by atoms with Gasteiger partial charge in [-0.3, -0.25) is 0 Å². The first-order valence-corrected chi connectivity index (χ1v) is 17.7. The van der Waals surface area contributed by atoms with E-state index in [1.165, 1.54) is 33.0 Å². The number of allylic oxidation sites excluding steroid dienone is 2. The van der Waals surface area contributed by atoms with Crippen LogP contribution in [0, 0.1) is 22.7 Å². The lowest BCUT2D eigenvalue weighted by Gasteiger charge is -2.24. The number of rotatable bonds is 2. The van der Waals surface area contributed by atoms with E-state index in [1.807, 2.05) is 0 Å². The molecule has 2 heterocycles. The molecular weight excluding hydrogens is 619 g/mol. The summed E-state index contributed by atoms with van der Waals surface area (Å²) in [6.45, 7) is 0. The van der Waals surface area contributed by atoms with Crippen molar-refractivity contribution in [2.45, 2.75) is 25.7 Å². The summed E-state index contributed by atoms with van der Waals surface area (Å²) in [5, 5.41) is 30.6. The number of fused-ring (bicyclic) bond motifs is 12. The molecule has 0 radical (unpaired) electrons. The molecule has 0 N–H and O–H groups in total. The van der Waals surface area contributed by atoms with Gasteiger partial charge in [0.2, 0.25) is 0 Å². The SMILES string of the molecule is N#Cc1cc2c(cc1-c1cc3c(c4c1C=CCC4)CCC=C3)c1cccc3c4cc(-c5cc6ccccc6c6ccccc56)c(C#N)cc4n2c13. The van der Waals surface area contributed by atoms with E-state index in [0.29, 0.717) is 11.1 Å². The van der Waals surface area contributed by atoms with Crippen molar-refractivity contribution < 1.29 is 0 Å². The third-order valence-electron chi connectivity index (χ3n) is 11.5. The van der Waals surface area contributed by atoms with Gasteiger partial charge in [-0.05, 0) is 117 Å². The Labute approximate surface area is 294 Å². The molecule has 2 aliphatic rings. The highest BCUT2D eigenvalue weighted by Crippen LogP contribution is 2.46. The van der Waals surface area contributed by atoms with Crippen molar-refractivity contribution >= 4 is 71.8 Å². The first-order chi connectivity index (χ1) is 25.2. The minimum Gasteiger partial charge on any atom is -0.308 e. The summed E-state index contributed by atoms with van der Waals surface area (Å²) >= 11 is 0. The van der Waals surface area contributed by atoms with Gasteiger partial charge in [-0.15, -0.1) is 0 Å². The average molecular weight is 648 g/mol. The molecule has 0 unspecified atom stereocenters. The third kappa shape index (κ3) is 3.81. The van der Waals surface area contributed by atoms with E-state index in [9.17, 15) is 10.5 Å². The maximum Gasteiger partial charge on any atom is 0.0998 e. The number of hydrogen-bond donors (Lipinski definition) is 0. The minimum absolute atomic E-state index is 0.634. The van der Waals surface area contributed by atoms with Gasteiger partial charge in [-0.1, -0.05) is 91.0 Å². The van der Waals surface area contributed by atoms with Crippen LogP contribution in [0.3, 0.4) is 0 Å². The Morgan fingerprint density at radius 1 is 0.490 bits per heavy atom. The predicted octanol–water partition coefficient (Wildman–Crippen LogP) is 12.1. The molecule has 0 saturated carbocycles. The Morgan fingerprint density at radius 2 is 1.10 bits per heavy atom. The molecule has 2 aliphatic carbocycles. The highest BCUT2D eigenvalue weighted by molar-refractivity contribution is 6.25. The zero-order valence-electron chi connectivity index (χ0n) is 27.8. The van der Waals surface area contributed by atoms with Gasteiger partial charge in [-0.2, -0.15) is 10.5 Å². The highest BCUT2D eigenvalue weighted by Gasteiger charge is 2.25. The molecule has 2 aromatic heterocycles. The van der Waals surface area contributed by atoms with E-state index in [0.717, 1.165) is 96.8 Å². The van der Waals surface area contributed by atoms with Crippen molar-refractivity contribution in [2.24, 2.45) is 0 Å².